The monoisotopic (exact) mass is 623 g/mol. The number of carbonyl (C=O) groups is 1. The minimum Gasteiger partial charge on any atom is -0.493 e. The first kappa shape index (κ1) is 29.5. The Hall–Kier alpha value is -4.18. The number of rotatable bonds is 9. The molecule has 0 aliphatic carbocycles. The Morgan fingerprint density at radius 3 is 2.51 bits per heavy atom. The molecule has 0 radical (unpaired) electrons. The van der Waals surface area contributed by atoms with Gasteiger partial charge in [-0.15, -0.1) is 0 Å². The number of furan rings is 1. The van der Waals surface area contributed by atoms with E-state index in [1.54, 1.807) is 24.5 Å². The van der Waals surface area contributed by atoms with E-state index in [1.165, 1.54) is 24.8 Å². The fourth-order valence-corrected chi connectivity index (χ4v) is 7.79. The Kier molecular flexibility index (Phi) is 8.31. The molecule has 4 aromatic carbocycles. The Balaban J connectivity index is 1.12. The van der Waals surface area contributed by atoms with Gasteiger partial charge in [-0.25, -0.2) is 8.42 Å². The molecule has 45 heavy (non-hydrogen) atoms. The van der Waals surface area contributed by atoms with Crippen molar-refractivity contribution in [2.75, 3.05) is 19.7 Å². The fraction of sp³-hybridized carbons (Fsp3) is 0.306. The van der Waals surface area contributed by atoms with Gasteiger partial charge in [0.2, 0.25) is 15.9 Å². The molecule has 7 rings (SSSR count). The first-order valence-corrected chi connectivity index (χ1v) is 17.2. The van der Waals surface area contributed by atoms with Crippen LogP contribution in [0.3, 0.4) is 0 Å². The van der Waals surface area contributed by atoms with Gasteiger partial charge in [0.1, 0.15) is 11.5 Å². The molecule has 2 aliphatic rings. The van der Waals surface area contributed by atoms with E-state index in [9.17, 15) is 13.2 Å². The van der Waals surface area contributed by atoms with Crippen LogP contribution in [0.4, 0.5) is 0 Å². The van der Waals surface area contributed by atoms with Crippen molar-refractivity contribution < 1.29 is 22.4 Å². The number of sulfonamides is 1. The molecule has 1 saturated heterocycles. The van der Waals surface area contributed by atoms with Gasteiger partial charge in [-0.1, -0.05) is 73.2 Å². The predicted octanol–water partition coefficient (Wildman–Crippen LogP) is 6.62. The largest absolute Gasteiger partial charge is 0.493 e. The summed E-state index contributed by atoms with van der Waals surface area (Å²) >= 11 is 0. The lowest BCUT2D eigenvalue weighted by Gasteiger charge is -2.29. The highest BCUT2D eigenvalue weighted by atomic mass is 32.2. The molecule has 3 heterocycles. The fourth-order valence-electron chi connectivity index (χ4n) is 6.56. The van der Waals surface area contributed by atoms with Gasteiger partial charge in [0.25, 0.3) is 0 Å². The van der Waals surface area contributed by atoms with Crippen molar-refractivity contribution >= 4 is 37.5 Å². The topological polar surface area (TPSA) is 101 Å². The molecule has 0 saturated carbocycles. The van der Waals surface area contributed by atoms with Crippen LogP contribution in [0.2, 0.25) is 0 Å². The minimum atomic E-state index is -4.00. The van der Waals surface area contributed by atoms with Crippen LogP contribution in [0.25, 0.3) is 21.5 Å². The summed E-state index contributed by atoms with van der Waals surface area (Å²) in [7, 11) is -4.00. The number of benzene rings is 4. The molecule has 8 nitrogen and oxygen atoms in total. The Morgan fingerprint density at radius 2 is 1.67 bits per heavy atom. The number of nitrogens with one attached hydrogen (secondary N) is 2. The van der Waals surface area contributed by atoms with Gasteiger partial charge in [0.15, 0.2) is 0 Å². The third-order valence-electron chi connectivity index (χ3n) is 8.88. The second kappa shape index (κ2) is 12.7. The number of hydrogen-bond donors (Lipinski definition) is 2. The highest BCUT2D eigenvalue weighted by molar-refractivity contribution is 7.89. The van der Waals surface area contributed by atoms with Crippen molar-refractivity contribution in [1.82, 2.24) is 14.9 Å². The standard InChI is InChI=1S/C36H37N3O5S/c40-35(37-32-16-19-43-34-20-25(12-15-31(32)34)23-39-17-6-1-7-18-39)22-33(36-30-11-5-4-10-28(30)24-44-36)38-45(41,42)29-14-13-26-8-2-3-9-27(26)21-29/h2-5,8-15,20-21,24,32-33,38H,1,6-7,16-19,22-23H2,(H,37,40). The number of hydrogen-bond acceptors (Lipinski definition) is 6. The molecule has 1 amide bonds. The third-order valence-corrected chi connectivity index (χ3v) is 10.4. The highest BCUT2D eigenvalue weighted by Gasteiger charge is 2.30. The lowest BCUT2D eigenvalue weighted by atomic mass is 9.97. The summed E-state index contributed by atoms with van der Waals surface area (Å²) in [6, 6.07) is 25.3. The first-order chi connectivity index (χ1) is 21.9. The maximum absolute atomic E-state index is 13.7. The molecule has 2 unspecified atom stereocenters. The van der Waals surface area contributed by atoms with Crippen molar-refractivity contribution in [1.29, 1.82) is 0 Å². The summed E-state index contributed by atoms with van der Waals surface area (Å²) in [6.07, 6.45) is 5.86. The molecule has 0 spiro atoms. The molecule has 1 fully saturated rings. The molecule has 232 valence electrons. The number of piperidine rings is 1. The third kappa shape index (κ3) is 6.47. The van der Waals surface area contributed by atoms with Crippen molar-refractivity contribution in [3.8, 4) is 5.75 Å². The summed E-state index contributed by atoms with van der Waals surface area (Å²) < 4.78 is 42.2. The van der Waals surface area contributed by atoms with Gasteiger partial charge in [-0.3, -0.25) is 9.69 Å². The van der Waals surface area contributed by atoms with Crippen LogP contribution in [-0.4, -0.2) is 38.9 Å². The maximum Gasteiger partial charge on any atom is 0.241 e. The quantitative estimate of drug-likeness (QED) is 0.191. The summed E-state index contributed by atoms with van der Waals surface area (Å²) in [5.74, 6) is 0.920. The number of fused-ring (bicyclic) bond motifs is 3. The zero-order chi connectivity index (χ0) is 30.8. The minimum absolute atomic E-state index is 0.126. The van der Waals surface area contributed by atoms with Gasteiger partial charge in [0, 0.05) is 29.3 Å². The van der Waals surface area contributed by atoms with Crippen molar-refractivity contribution in [2.24, 2.45) is 0 Å². The number of nitrogens with zero attached hydrogens (tertiary/aromatic N) is 1. The van der Waals surface area contributed by atoms with Gasteiger partial charge in [-0.05, 0) is 60.5 Å². The first-order valence-electron chi connectivity index (χ1n) is 15.7. The molecule has 5 aromatic rings. The van der Waals surface area contributed by atoms with Crippen molar-refractivity contribution in [2.45, 2.75) is 55.6 Å². The molecular formula is C36H37N3O5S. The summed E-state index contributed by atoms with van der Waals surface area (Å²) in [6.45, 7) is 3.62. The lowest BCUT2D eigenvalue weighted by molar-refractivity contribution is -0.122. The van der Waals surface area contributed by atoms with Crippen molar-refractivity contribution in [3.05, 3.63) is 108 Å². The molecule has 2 atom stereocenters. The second-order valence-corrected chi connectivity index (χ2v) is 13.8. The molecule has 2 N–H and O–H groups in total. The van der Waals surface area contributed by atoms with E-state index in [2.05, 4.69) is 33.1 Å². The normalized spacial score (nSPS) is 17.9. The van der Waals surface area contributed by atoms with E-state index in [0.717, 1.165) is 52.5 Å². The Labute approximate surface area is 263 Å². The van der Waals surface area contributed by atoms with Gasteiger partial charge in [-0.2, -0.15) is 4.72 Å². The average molecular weight is 624 g/mol. The predicted molar refractivity (Wildman–Crippen MR) is 174 cm³/mol. The van der Waals surface area contributed by atoms with Crippen LogP contribution in [0, 0.1) is 0 Å². The van der Waals surface area contributed by atoms with E-state index < -0.39 is 16.1 Å². The number of likely N-dealkylation sites (tertiary alicyclic amines) is 1. The van der Waals surface area contributed by atoms with Crippen LogP contribution in [0.5, 0.6) is 5.75 Å². The van der Waals surface area contributed by atoms with E-state index in [4.69, 9.17) is 9.15 Å². The second-order valence-electron chi connectivity index (χ2n) is 12.0. The lowest BCUT2D eigenvalue weighted by Crippen LogP contribution is -2.36. The Morgan fingerprint density at radius 1 is 0.889 bits per heavy atom. The van der Waals surface area contributed by atoms with Crippen LogP contribution < -0.4 is 14.8 Å². The van der Waals surface area contributed by atoms with E-state index >= 15 is 0 Å². The van der Waals surface area contributed by atoms with E-state index in [0.29, 0.717) is 18.8 Å². The zero-order valence-electron chi connectivity index (χ0n) is 25.1. The van der Waals surface area contributed by atoms with Gasteiger partial charge < -0.3 is 14.5 Å². The van der Waals surface area contributed by atoms with Crippen LogP contribution in [0.15, 0.2) is 101 Å². The van der Waals surface area contributed by atoms with E-state index in [-0.39, 0.29) is 23.3 Å². The SMILES string of the molecule is O=C(CC(NS(=O)(=O)c1ccc2ccccc2c1)c1occ2ccccc12)NC1CCOc2cc(CN3CCCCC3)ccc21. The molecule has 0 bridgehead atoms. The summed E-state index contributed by atoms with van der Waals surface area (Å²) in [5, 5.41) is 6.51. The average Bonchev–Trinajstić information content (AvgIpc) is 3.49. The number of ether oxygens (including phenoxy) is 1. The molecular weight excluding hydrogens is 586 g/mol. The van der Waals surface area contributed by atoms with Gasteiger partial charge in [0.05, 0.1) is 36.3 Å². The Bertz CT molecular complexity index is 1950. The summed E-state index contributed by atoms with van der Waals surface area (Å²) in [5.41, 5.74) is 2.14. The number of amides is 1. The maximum atomic E-state index is 13.7. The molecule has 1 aromatic heterocycles. The zero-order valence-corrected chi connectivity index (χ0v) is 25.9. The summed E-state index contributed by atoms with van der Waals surface area (Å²) in [4.78, 5) is 16.3. The number of carbonyl (C=O) groups excluding carboxylic acids is 1. The van der Waals surface area contributed by atoms with Crippen molar-refractivity contribution in [3.63, 3.8) is 0 Å². The van der Waals surface area contributed by atoms with Gasteiger partial charge >= 0.3 is 0 Å². The van der Waals surface area contributed by atoms with Crippen LogP contribution in [0.1, 0.15) is 61.1 Å². The highest BCUT2D eigenvalue weighted by Crippen LogP contribution is 2.35. The smallest absolute Gasteiger partial charge is 0.241 e. The molecule has 9 heteroatoms. The molecule has 2 aliphatic heterocycles. The van der Waals surface area contributed by atoms with Crippen LogP contribution in [-0.2, 0) is 21.4 Å². The van der Waals surface area contributed by atoms with E-state index in [1.807, 2.05) is 48.5 Å². The van der Waals surface area contributed by atoms with Crippen LogP contribution >= 0.6 is 0 Å².